The number of thiophene rings is 2. The molecule has 0 aliphatic rings. The quantitative estimate of drug-likeness (QED) is 0.157. The Kier molecular flexibility index (Phi) is 8.63. The van der Waals surface area contributed by atoms with E-state index in [0.29, 0.717) is 0 Å². The van der Waals surface area contributed by atoms with E-state index in [4.69, 9.17) is 0 Å². The van der Waals surface area contributed by atoms with E-state index in [1.165, 1.54) is 41.8 Å². The summed E-state index contributed by atoms with van der Waals surface area (Å²) in [6.07, 6.45) is 8.72. The molecule has 0 saturated carbocycles. The summed E-state index contributed by atoms with van der Waals surface area (Å²) in [5.41, 5.74) is 8.25. The molecule has 45 heavy (non-hydrogen) atoms. The molecular formula is C42H31NS2. The summed E-state index contributed by atoms with van der Waals surface area (Å²) in [5.74, 6) is 0. The predicted molar refractivity (Wildman–Crippen MR) is 198 cm³/mol. The molecule has 2 heterocycles. The maximum atomic E-state index is 2.32. The second kappa shape index (κ2) is 13.6. The van der Waals surface area contributed by atoms with Gasteiger partial charge in [0.25, 0.3) is 0 Å². The SMILES string of the molecule is C(=C\c1ccc(-c2ccc(N(c3ccccc3)c3ccc(-c4ccc(/C=C/c5ccccc5)s4)cc3)cc2)s1)/c1ccccc1. The van der Waals surface area contributed by atoms with Gasteiger partial charge in [-0.25, -0.2) is 0 Å². The van der Waals surface area contributed by atoms with Crippen molar-refractivity contribution in [3.8, 4) is 20.9 Å². The lowest BCUT2D eigenvalue weighted by molar-refractivity contribution is 1.28. The van der Waals surface area contributed by atoms with Gasteiger partial charge in [0, 0.05) is 36.6 Å². The van der Waals surface area contributed by atoms with Crippen molar-refractivity contribution in [1.82, 2.24) is 0 Å². The van der Waals surface area contributed by atoms with Gasteiger partial charge in [0.1, 0.15) is 0 Å². The molecule has 7 aromatic rings. The molecule has 1 nitrogen and oxygen atoms in total. The van der Waals surface area contributed by atoms with E-state index < -0.39 is 0 Å². The zero-order valence-electron chi connectivity index (χ0n) is 24.7. The second-order valence-electron chi connectivity index (χ2n) is 10.7. The summed E-state index contributed by atoms with van der Waals surface area (Å²) >= 11 is 3.62. The minimum absolute atomic E-state index is 1.13. The summed E-state index contributed by atoms with van der Waals surface area (Å²) in [6.45, 7) is 0. The Morgan fingerprint density at radius 3 is 1.13 bits per heavy atom. The van der Waals surface area contributed by atoms with Crippen LogP contribution in [0.25, 0.3) is 45.2 Å². The Labute approximate surface area is 273 Å². The van der Waals surface area contributed by atoms with Crippen LogP contribution in [0.2, 0.25) is 0 Å². The number of anilines is 3. The van der Waals surface area contributed by atoms with Gasteiger partial charge in [-0.3, -0.25) is 0 Å². The van der Waals surface area contributed by atoms with Gasteiger partial charge in [-0.2, -0.15) is 0 Å². The lowest BCUT2D eigenvalue weighted by Crippen LogP contribution is -2.09. The van der Waals surface area contributed by atoms with Crippen molar-refractivity contribution in [3.05, 3.63) is 185 Å². The number of nitrogens with zero attached hydrogens (tertiary/aromatic N) is 1. The number of hydrogen-bond acceptors (Lipinski definition) is 3. The van der Waals surface area contributed by atoms with Crippen LogP contribution in [0.4, 0.5) is 17.1 Å². The third-order valence-corrected chi connectivity index (χ3v) is 9.77. The van der Waals surface area contributed by atoms with Crippen LogP contribution in [0.5, 0.6) is 0 Å². The second-order valence-corrected chi connectivity index (χ2v) is 12.9. The zero-order chi connectivity index (χ0) is 30.3. The van der Waals surface area contributed by atoms with Crippen LogP contribution < -0.4 is 4.90 Å². The van der Waals surface area contributed by atoms with Gasteiger partial charge in [0.15, 0.2) is 0 Å². The highest BCUT2D eigenvalue weighted by atomic mass is 32.1. The molecule has 0 amide bonds. The van der Waals surface area contributed by atoms with Crippen molar-refractivity contribution >= 4 is 64.0 Å². The summed E-state index contributed by atoms with van der Waals surface area (Å²) in [6, 6.07) is 58.1. The largest absolute Gasteiger partial charge is 0.311 e. The molecule has 7 rings (SSSR count). The summed E-state index contributed by atoms with van der Waals surface area (Å²) in [5, 5.41) is 0. The Bertz CT molecular complexity index is 1880. The van der Waals surface area contributed by atoms with Crippen LogP contribution >= 0.6 is 22.7 Å². The maximum absolute atomic E-state index is 2.32. The number of para-hydroxylation sites is 1. The smallest absolute Gasteiger partial charge is 0.0462 e. The fourth-order valence-corrected chi connectivity index (χ4v) is 7.09. The molecule has 0 unspecified atom stereocenters. The van der Waals surface area contributed by atoms with Crippen LogP contribution in [0, 0.1) is 0 Å². The summed E-state index contributed by atoms with van der Waals surface area (Å²) in [7, 11) is 0. The lowest BCUT2D eigenvalue weighted by Gasteiger charge is -2.25. The Morgan fingerprint density at radius 2 is 0.711 bits per heavy atom. The van der Waals surface area contributed by atoms with Gasteiger partial charge in [-0.1, -0.05) is 115 Å². The molecule has 5 aromatic carbocycles. The average molecular weight is 614 g/mol. The van der Waals surface area contributed by atoms with E-state index in [2.05, 4.69) is 181 Å². The van der Waals surface area contributed by atoms with E-state index >= 15 is 0 Å². The normalized spacial score (nSPS) is 11.4. The van der Waals surface area contributed by atoms with Crippen LogP contribution in [0.3, 0.4) is 0 Å². The molecule has 0 aliphatic heterocycles. The third kappa shape index (κ3) is 6.97. The van der Waals surface area contributed by atoms with Gasteiger partial charge >= 0.3 is 0 Å². The Hall–Kier alpha value is -5.22. The molecular weight excluding hydrogens is 583 g/mol. The minimum atomic E-state index is 1.13. The van der Waals surface area contributed by atoms with Crippen molar-refractivity contribution in [1.29, 1.82) is 0 Å². The van der Waals surface area contributed by atoms with Crippen LogP contribution in [0.1, 0.15) is 20.9 Å². The fraction of sp³-hybridized carbons (Fsp3) is 0. The molecule has 0 fully saturated rings. The van der Waals surface area contributed by atoms with Crippen molar-refractivity contribution in [3.63, 3.8) is 0 Å². The monoisotopic (exact) mass is 613 g/mol. The van der Waals surface area contributed by atoms with Crippen LogP contribution in [-0.4, -0.2) is 0 Å². The maximum Gasteiger partial charge on any atom is 0.0462 e. The molecule has 0 atom stereocenters. The van der Waals surface area contributed by atoms with Gasteiger partial charge in [-0.05, 0) is 95.1 Å². The first-order valence-corrected chi connectivity index (χ1v) is 16.6. The van der Waals surface area contributed by atoms with E-state index in [1.54, 1.807) is 0 Å². The highest BCUT2D eigenvalue weighted by Gasteiger charge is 2.13. The number of rotatable bonds is 9. The Balaban J connectivity index is 1.11. The third-order valence-electron chi connectivity index (χ3n) is 7.57. The summed E-state index contributed by atoms with van der Waals surface area (Å²) < 4.78 is 0. The Morgan fingerprint density at radius 1 is 0.333 bits per heavy atom. The molecule has 0 radical (unpaired) electrons. The summed E-state index contributed by atoms with van der Waals surface area (Å²) in [4.78, 5) is 7.33. The minimum Gasteiger partial charge on any atom is -0.311 e. The average Bonchev–Trinajstić information content (AvgIpc) is 3.79. The predicted octanol–water partition coefficient (Wildman–Crippen LogP) is 13.0. The molecule has 216 valence electrons. The van der Waals surface area contributed by atoms with Crippen molar-refractivity contribution in [2.45, 2.75) is 0 Å². The van der Waals surface area contributed by atoms with E-state index in [-0.39, 0.29) is 0 Å². The molecule has 0 N–H and O–H groups in total. The number of hydrogen-bond donors (Lipinski definition) is 0. The molecule has 3 heteroatoms. The topological polar surface area (TPSA) is 3.24 Å². The first-order valence-electron chi connectivity index (χ1n) is 15.0. The highest BCUT2D eigenvalue weighted by Crippen LogP contribution is 2.38. The van der Waals surface area contributed by atoms with E-state index in [0.717, 1.165) is 17.1 Å². The van der Waals surface area contributed by atoms with Crippen molar-refractivity contribution in [2.24, 2.45) is 0 Å². The molecule has 0 spiro atoms. The molecule has 0 saturated heterocycles. The van der Waals surface area contributed by atoms with Crippen molar-refractivity contribution in [2.75, 3.05) is 4.90 Å². The number of benzene rings is 5. The first kappa shape index (κ1) is 28.5. The lowest BCUT2D eigenvalue weighted by atomic mass is 10.1. The molecule has 0 aliphatic carbocycles. The van der Waals surface area contributed by atoms with E-state index in [9.17, 15) is 0 Å². The van der Waals surface area contributed by atoms with Gasteiger partial charge in [-0.15, -0.1) is 22.7 Å². The molecule has 2 aromatic heterocycles. The van der Waals surface area contributed by atoms with Crippen LogP contribution in [0.15, 0.2) is 164 Å². The molecule has 0 bridgehead atoms. The standard InChI is InChI=1S/C42H31NS2/c1-4-10-32(11-5-1)16-26-39-28-30-41(44-39)34-18-22-37(23-19-34)43(36-14-8-3-9-15-36)38-24-20-35(21-25-38)42-31-29-40(45-42)27-17-33-12-6-2-7-13-33/h1-31H/b26-16+,27-17+. The van der Waals surface area contributed by atoms with E-state index in [1.807, 2.05) is 34.8 Å². The first-order chi connectivity index (χ1) is 22.3. The van der Waals surface area contributed by atoms with Gasteiger partial charge < -0.3 is 4.90 Å². The highest BCUT2D eigenvalue weighted by molar-refractivity contribution is 7.16. The zero-order valence-corrected chi connectivity index (χ0v) is 26.3. The van der Waals surface area contributed by atoms with Gasteiger partial charge in [0.2, 0.25) is 0 Å². The fourth-order valence-electron chi connectivity index (χ4n) is 5.25. The van der Waals surface area contributed by atoms with Gasteiger partial charge in [0.05, 0.1) is 0 Å². The van der Waals surface area contributed by atoms with Crippen LogP contribution in [-0.2, 0) is 0 Å². The van der Waals surface area contributed by atoms with Crippen molar-refractivity contribution < 1.29 is 0 Å².